The molecule has 1 aromatic heterocycles. The predicted octanol–water partition coefficient (Wildman–Crippen LogP) is -0.257. The van der Waals surface area contributed by atoms with Crippen LogP contribution in [-0.4, -0.2) is 62.1 Å². The molecule has 4 N–H and O–H groups in total. The molecule has 34 heavy (non-hydrogen) atoms. The zero-order valence-electron chi connectivity index (χ0n) is 19.1. The summed E-state index contributed by atoms with van der Waals surface area (Å²) in [4.78, 5) is 27.5. The number of piperazine rings is 1. The van der Waals surface area contributed by atoms with Crippen LogP contribution in [0.4, 0.5) is 0 Å². The van der Waals surface area contributed by atoms with Crippen molar-refractivity contribution in [2.75, 3.05) is 45.9 Å². The van der Waals surface area contributed by atoms with E-state index in [4.69, 9.17) is 19.0 Å². The minimum Gasteiger partial charge on any atom is -0.507 e. The maximum atomic E-state index is 13.1. The number of hydrogen-bond donors (Lipinski definition) is 4. The van der Waals surface area contributed by atoms with E-state index in [0.717, 1.165) is 32.7 Å². The standard InChI is InChI=1S/C25H28N2O7/c1-2-32-25(31)17-3-5-18(6-4-17)34-22-16-33-24-19(23(22)30)7-8-21(29)20(24)15-27-11-9-26(10-12-27)13-14-28/h3-8,16,28-29H,2,9-15H2,1H3/p+2. The fraction of sp³-hybridized carbons (Fsp3) is 0.360. The Bertz CT molecular complexity index is 1200. The summed E-state index contributed by atoms with van der Waals surface area (Å²) in [5.41, 5.74) is 0.999. The molecule has 0 spiro atoms. The number of carbonyl (C=O) groups excluding carboxylic acids is 1. The monoisotopic (exact) mass is 470 g/mol. The highest BCUT2D eigenvalue weighted by Crippen LogP contribution is 2.28. The number of benzene rings is 2. The molecule has 2 heterocycles. The first-order valence-electron chi connectivity index (χ1n) is 11.5. The third-order valence-electron chi connectivity index (χ3n) is 6.14. The fourth-order valence-electron chi connectivity index (χ4n) is 4.26. The van der Waals surface area contributed by atoms with Crippen molar-refractivity contribution >= 4 is 16.9 Å². The molecule has 0 aliphatic carbocycles. The Morgan fingerprint density at radius 2 is 1.76 bits per heavy atom. The van der Waals surface area contributed by atoms with Gasteiger partial charge in [-0.2, -0.15) is 0 Å². The first kappa shape index (κ1) is 23.7. The van der Waals surface area contributed by atoms with E-state index < -0.39 is 5.97 Å². The molecular formula is C25H30N2O7+2. The molecule has 0 amide bonds. The molecule has 9 heteroatoms. The molecule has 9 nitrogen and oxygen atoms in total. The maximum absolute atomic E-state index is 13.1. The molecule has 1 fully saturated rings. The number of rotatable bonds is 8. The smallest absolute Gasteiger partial charge is 0.338 e. The van der Waals surface area contributed by atoms with E-state index in [2.05, 4.69) is 0 Å². The number of aliphatic hydroxyl groups is 1. The summed E-state index contributed by atoms with van der Waals surface area (Å²) < 4.78 is 16.5. The summed E-state index contributed by atoms with van der Waals surface area (Å²) in [5.74, 6) is 0.0643. The second-order valence-electron chi connectivity index (χ2n) is 8.37. The molecule has 1 aliphatic rings. The second kappa shape index (κ2) is 10.7. The number of phenolic OH excluding ortho intramolecular Hbond substituents is 1. The van der Waals surface area contributed by atoms with Gasteiger partial charge >= 0.3 is 5.97 Å². The van der Waals surface area contributed by atoms with Crippen LogP contribution in [0.2, 0.25) is 0 Å². The Balaban J connectivity index is 1.53. The number of phenols is 1. The largest absolute Gasteiger partial charge is 0.507 e. The summed E-state index contributed by atoms with van der Waals surface area (Å²) in [6.45, 7) is 7.17. The minimum absolute atomic E-state index is 0.0154. The van der Waals surface area contributed by atoms with Gasteiger partial charge in [0.05, 0.1) is 29.7 Å². The maximum Gasteiger partial charge on any atom is 0.338 e. The van der Waals surface area contributed by atoms with Gasteiger partial charge in [-0.3, -0.25) is 4.79 Å². The van der Waals surface area contributed by atoms with Gasteiger partial charge < -0.3 is 33.9 Å². The fourth-order valence-corrected chi connectivity index (χ4v) is 4.26. The van der Waals surface area contributed by atoms with Gasteiger partial charge in [-0.15, -0.1) is 0 Å². The lowest BCUT2D eigenvalue weighted by molar-refractivity contribution is -1.02. The Kier molecular flexibility index (Phi) is 7.46. The summed E-state index contributed by atoms with van der Waals surface area (Å²) in [6.07, 6.45) is 1.26. The van der Waals surface area contributed by atoms with Crippen molar-refractivity contribution in [2.24, 2.45) is 0 Å². The number of carbonyl (C=O) groups is 1. The minimum atomic E-state index is -0.426. The molecule has 1 saturated heterocycles. The molecule has 180 valence electrons. The normalized spacial score (nSPS) is 18.1. The number of esters is 1. The van der Waals surface area contributed by atoms with E-state index in [1.165, 1.54) is 28.2 Å². The number of quaternary nitrogens is 2. The van der Waals surface area contributed by atoms with Crippen molar-refractivity contribution in [3.8, 4) is 17.2 Å². The quantitative estimate of drug-likeness (QED) is 0.336. The van der Waals surface area contributed by atoms with Crippen molar-refractivity contribution in [1.82, 2.24) is 0 Å². The summed E-state index contributed by atoms with van der Waals surface area (Å²) in [5, 5.41) is 20.0. The highest BCUT2D eigenvalue weighted by Gasteiger charge is 2.25. The lowest BCUT2D eigenvalue weighted by Gasteiger charge is -2.29. The highest BCUT2D eigenvalue weighted by molar-refractivity contribution is 5.89. The third kappa shape index (κ3) is 5.22. The molecule has 0 radical (unpaired) electrons. The second-order valence-corrected chi connectivity index (χ2v) is 8.37. The first-order valence-corrected chi connectivity index (χ1v) is 11.5. The van der Waals surface area contributed by atoms with Crippen molar-refractivity contribution in [3.63, 3.8) is 0 Å². The van der Waals surface area contributed by atoms with Crippen molar-refractivity contribution < 1.29 is 38.7 Å². The Labute approximate surface area is 196 Å². The van der Waals surface area contributed by atoms with Gasteiger partial charge in [-0.05, 0) is 43.3 Å². The zero-order valence-corrected chi connectivity index (χ0v) is 19.1. The molecule has 4 rings (SSSR count). The third-order valence-corrected chi connectivity index (χ3v) is 6.14. The van der Waals surface area contributed by atoms with E-state index in [-0.39, 0.29) is 30.1 Å². The van der Waals surface area contributed by atoms with Crippen LogP contribution in [-0.2, 0) is 11.3 Å². The van der Waals surface area contributed by atoms with E-state index in [9.17, 15) is 14.7 Å². The molecule has 1 aliphatic heterocycles. The van der Waals surface area contributed by atoms with Gasteiger partial charge in [-0.25, -0.2) is 4.79 Å². The van der Waals surface area contributed by atoms with Crippen LogP contribution in [0, 0.1) is 0 Å². The number of aromatic hydroxyl groups is 1. The van der Waals surface area contributed by atoms with Gasteiger partial charge in [0, 0.05) is 0 Å². The first-order chi connectivity index (χ1) is 16.5. The molecule has 0 bridgehead atoms. The lowest BCUT2D eigenvalue weighted by Crippen LogP contribution is -3.27. The zero-order chi connectivity index (χ0) is 24.1. The summed E-state index contributed by atoms with van der Waals surface area (Å²) in [6, 6.07) is 9.35. The van der Waals surface area contributed by atoms with Crippen LogP contribution >= 0.6 is 0 Å². The van der Waals surface area contributed by atoms with Gasteiger partial charge in [0.2, 0.25) is 11.2 Å². The van der Waals surface area contributed by atoms with Gasteiger partial charge in [0.25, 0.3) is 0 Å². The number of aliphatic hydroxyl groups excluding tert-OH is 1. The van der Waals surface area contributed by atoms with Crippen LogP contribution in [0.3, 0.4) is 0 Å². The van der Waals surface area contributed by atoms with E-state index >= 15 is 0 Å². The highest BCUT2D eigenvalue weighted by atomic mass is 16.5. The van der Waals surface area contributed by atoms with E-state index in [1.807, 2.05) is 0 Å². The Morgan fingerprint density at radius 1 is 1.06 bits per heavy atom. The van der Waals surface area contributed by atoms with Crippen LogP contribution in [0.1, 0.15) is 22.8 Å². The molecule has 3 aromatic rings. The van der Waals surface area contributed by atoms with Crippen LogP contribution in [0.25, 0.3) is 11.0 Å². The van der Waals surface area contributed by atoms with Crippen LogP contribution < -0.4 is 20.0 Å². The van der Waals surface area contributed by atoms with Gasteiger partial charge in [0.15, 0.2) is 5.58 Å². The lowest BCUT2D eigenvalue weighted by atomic mass is 10.1. The number of nitrogens with one attached hydrogen (secondary N) is 2. The van der Waals surface area contributed by atoms with Gasteiger partial charge in [-0.1, -0.05) is 0 Å². The SMILES string of the molecule is CCOC(=O)c1ccc(Oc2coc3c(C[NH+]4CC[NH+](CCO)CC4)c(O)ccc3c2=O)cc1. The topological polar surface area (TPSA) is 115 Å². The predicted molar refractivity (Wildman–Crippen MR) is 124 cm³/mol. The van der Waals surface area contributed by atoms with E-state index in [1.54, 1.807) is 31.2 Å². The van der Waals surface area contributed by atoms with Crippen LogP contribution in [0.15, 0.2) is 51.9 Å². The van der Waals surface area contributed by atoms with E-state index in [0.29, 0.717) is 34.4 Å². The van der Waals surface area contributed by atoms with Gasteiger partial charge in [0.1, 0.15) is 57.0 Å². The Hall–Kier alpha value is -3.40. The summed E-state index contributed by atoms with van der Waals surface area (Å²) >= 11 is 0. The number of ether oxygens (including phenoxy) is 2. The average molecular weight is 471 g/mol. The molecule has 0 unspecified atom stereocenters. The number of hydrogen-bond acceptors (Lipinski definition) is 7. The number of fused-ring (bicyclic) bond motifs is 1. The molecule has 0 saturated carbocycles. The van der Waals surface area contributed by atoms with Crippen molar-refractivity contribution in [1.29, 1.82) is 0 Å². The average Bonchev–Trinajstić information content (AvgIpc) is 2.84. The molecular weight excluding hydrogens is 440 g/mol. The summed E-state index contributed by atoms with van der Waals surface area (Å²) in [7, 11) is 0. The Morgan fingerprint density at radius 3 is 2.44 bits per heavy atom. The van der Waals surface area contributed by atoms with Crippen LogP contribution in [0.5, 0.6) is 17.2 Å². The molecule has 0 atom stereocenters. The van der Waals surface area contributed by atoms with Crippen molar-refractivity contribution in [2.45, 2.75) is 13.5 Å². The van der Waals surface area contributed by atoms with Crippen molar-refractivity contribution in [3.05, 3.63) is 64.0 Å². The molecule has 2 aromatic carbocycles.